The van der Waals surface area contributed by atoms with Gasteiger partial charge in [-0.1, -0.05) is 0 Å². The van der Waals surface area contributed by atoms with Crippen LogP contribution in [0.5, 0.6) is 5.75 Å². The molecule has 0 spiro atoms. The summed E-state index contributed by atoms with van der Waals surface area (Å²) in [7, 11) is -0.199. The molecule has 0 fully saturated rings. The van der Waals surface area contributed by atoms with Crippen molar-refractivity contribution in [2.24, 2.45) is 7.05 Å². The van der Waals surface area contributed by atoms with Crippen LogP contribution in [0, 0.1) is 0 Å². The number of ether oxygens (including phenoxy) is 1. The van der Waals surface area contributed by atoms with E-state index in [0.29, 0.717) is 12.2 Å². The van der Waals surface area contributed by atoms with Crippen molar-refractivity contribution in [3.05, 3.63) is 36.2 Å². The number of nitrogen functional groups attached to an aromatic ring is 1. The van der Waals surface area contributed by atoms with Crippen LogP contribution in [0.1, 0.15) is 5.69 Å². The Labute approximate surface area is 118 Å². The van der Waals surface area contributed by atoms with Gasteiger partial charge in [0.25, 0.3) is 0 Å². The van der Waals surface area contributed by atoms with Crippen molar-refractivity contribution < 1.29 is 13.2 Å². The number of hydrogen-bond donors (Lipinski definition) is 1. The maximum atomic E-state index is 12.4. The van der Waals surface area contributed by atoms with E-state index < -0.39 is 9.84 Å². The lowest BCUT2D eigenvalue weighted by Crippen LogP contribution is -2.13. The third-order valence-corrected chi connectivity index (χ3v) is 4.87. The molecule has 0 radical (unpaired) electrons. The molecular formula is C13H17N3O3S. The first-order valence-corrected chi connectivity index (χ1v) is 7.72. The Morgan fingerprint density at radius 2 is 2.10 bits per heavy atom. The van der Waals surface area contributed by atoms with Crippen molar-refractivity contribution in [3.63, 3.8) is 0 Å². The normalized spacial score (nSPS) is 11.5. The van der Waals surface area contributed by atoms with E-state index in [9.17, 15) is 8.42 Å². The lowest BCUT2D eigenvalue weighted by atomic mass is 10.3. The molecule has 2 aromatic rings. The zero-order valence-corrected chi connectivity index (χ0v) is 12.2. The van der Waals surface area contributed by atoms with Crippen LogP contribution in [-0.2, 0) is 23.3 Å². The van der Waals surface area contributed by atoms with Gasteiger partial charge in [-0.15, -0.1) is 0 Å². The number of sulfone groups is 1. The molecular weight excluding hydrogens is 278 g/mol. The van der Waals surface area contributed by atoms with E-state index in [2.05, 4.69) is 5.10 Å². The Kier molecular flexibility index (Phi) is 3.99. The van der Waals surface area contributed by atoms with Crippen LogP contribution in [0.2, 0.25) is 0 Å². The molecule has 0 saturated heterocycles. The van der Waals surface area contributed by atoms with Gasteiger partial charge in [-0.2, -0.15) is 5.10 Å². The van der Waals surface area contributed by atoms with Gasteiger partial charge in [0.2, 0.25) is 0 Å². The Bertz CT molecular complexity index is 707. The first-order valence-electron chi connectivity index (χ1n) is 6.07. The Morgan fingerprint density at radius 3 is 2.70 bits per heavy atom. The van der Waals surface area contributed by atoms with E-state index in [1.807, 2.05) is 0 Å². The minimum atomic E-state index is -3.46. The summed E-state index contributed by atoms with van der Waals surface area (Å²) in [5.74, 6) is 0.447. The van der Waals surface area contributed by atoms with Gasteiger partial charge < -0.3 is 10.5 Å². The molecule has 0 aliphatic carbocycles. The van der Waals surface area contributed by atoms with Gasteiger partial charge in [0, 0.05) is 31.4 Å². The van der Waals surface area contributed by atoms with E-state index in [-0.39, 0.29) is 16.3 Å². The van der Waals surface area contributed by atoms with Gasteiger partial charge >= 0.3 is 0 Å². The van der Waals surface area contributed by atoms with Gasteiger partial charge in [-0.25, -0.2) is 8.42 Å². The summed E-state index contributed by atoms with van der Waals surface area (Å²) in [6.45, 7) is 0. The second-order valence-electron chi connectivity index (χ2n) is 4.42. The summed E-state index contributed by atoms with van der Waals surface area (Å²) in [6.07, 6.45) is 2.03. The van der Waals surface area contributed by atoms with Crippen molar-refractivity contribution in [1.82, 2.24) is 9.78 Å². The summed E-state index contributed by atoms with van der Waals surface area (Å²) in [4.78, 5) is 0.110. The van der Waals surface area contributed by atoms with Gasteiger partial charge in [-0.3, -0.25) is 4.68 Å². The second kappa shape index (κ2) is 5.54. The predicted molar refractivity (Wildman–Crippen MR) is 76.4 cm³/mol. The molecule has 2 N–H and O–H groups in total. The number of aryl methyl sites for hydroxylation is 2. The number of benzene rings is 1. The van der Waals surface area contributed by atoms with Crippen LogP contribution >= 0.6 is 0 Å². The van der Waals surface area contributed by atoms with E-state index in [4.69, 9.17) is 10.5 Å². The van der Waals surface area contributed by atoms with Crippen molar-refractivity contribution in [2.45, 2.75) is 11.3 Å². The van der Waals surface area contributed by atoms with Crippen LogP contribution in [0.4, 0.5) is 5.69 Å². The maximum Gasteiger partial charge on any atom is 0.180 e. The van der Waals surface area contributed by atoms with E-state index in [1.54, 1.807) is 30.1 Å². The fourth-order valence-corrected chi connectivity index (χ4v) is 3.33. The number of anilines is 1. The highest BCUT2D eigenvalue weighted by Crippen LogP contribution is 2.25. The maximum absolute atomic E-state index is 12.4. The first kappa shape index (κ1) is 14.4. The van der Waals surface area contributed by atoms with Crippen molar-refractivity contribution in [3.8, 4) is 5.75 Å². The van der Waals surface area contributed by atoms with Gasteiger partial charge in [-0.05, 0) is 18.2 Å². The summed E-state index contributed by atoms with van der Waals surface area (Å²) >= 11 is 0. The highest BCUT2D eigenvalue weighted by atomic mass is 32.2. The standard InChI is InChI=1S/C13H17N3O3S/c1-16-10(5-7-15-16)6-8-20(17,18)13-9-11(19-2)3-4-12(13)14/h3-5,7,9H,6,8,14H2,1-2H3. The molecule has 0 unspecified atom stereocenters. The summed E-state index contributed by atoms with van der Waals surface area (Å²) in [6, 6.07) is 6.42. The first-order chi connectivity index (χ1) is 9.44. The molecule has 2 rings (SSSR count). The molecule has 20 heavy (non-hydrogen) atoms. The number of nitrogens with zero attached hydrogens (tertiary/aromatic N) is 2. The van der Waals surface area contributed by atoms with Crippen molar-refractivity contribution >= 4 is 15.5 Å². The van der Waals surface area contributed by atoms with Gasteiger partial charge in [0.15, 0.2) is 9.84 Å². The fourth-order valence-electron chi connectivity index (χ4n) is 1.91. The molecule has 0 aliphatic heterocycles. The van der Waals surface area contributed by atoms with E-state index in [0.717, 1.165) is 5.69 Å². The predicted octanol–water partition coefficient (Wildman–Crippen LogP) is 1.03. The largest absolute Gasteiger partial charge is 0.497 e. The Morgan fingerprint density at radius 1 is 1.35 bits per heavy atom. The lowest BCUT2D eigenvalue weighted by molar-refractivity contribution is 0.413. The SMILES string of the molecule is COc1ccc(N)c(S(=O)(=O)CCc2ccnn2C)c1. The zero-order valence-electron chi connectivity index (χ0n) is 11.4. The van der Waals surface area contributed by atoms with Gasteiger partial charge in [0.05, 0.1) is 23.4 Å². The topological polar surface area (TPSA) is 87.2 Å². The molecule has 1 heterocycles. The Balaban J connectivity index is 2.24. The molecule has 0 aliphatic rings. The molecule has 0 saturated carbocycles. The number of nitrogens with two attached hydrogens (primary N) is 1. The summed E-state index contributed by atoms with van der Waals surface area (Å²) < 4.78 is 31.4. The summed E-state index contributed by atoms with van der Waals surface area (Å²) in [5, 5.41) is 4.01. The minimum Gasteiger partial charge on any atom is -0.497 e. The van der Waals surface area contributed by atoms with Gasteiger partial charge in [0.1, 0.15) is 5.75 Å². The highest BCUT2D eigenvalue weighted by molar-refractivity contribution is 7.91. The second-order valence-corrected chi connectivity index (χ2v) is 6.50. The quantitative estimate of drug-likeness (QED) is 0.832. The van der Waals surface area contributed by atoms with E-state index in [1.165, 1.54) is 19.2 Å². The molecule has 6 nitrogen and oxygen atoms in total. The molecule has 7 heteroatoms. The molecule has 108 valence electrons. The average Bonchev–Trinajstić information content (AvgIpc) is 2.82. The third-order valence-electron chi connectivity index (χ3n) is 3.11. The third kappa shape index (κ3) is 2.93. The molecule has 1 aromatic carbocycles. The van der Waals surface area contributed by atoms with Crippen LogP contribution in [0.15, 0.2) is 35.4 Å². The highest BCUT2D eigenvalue weighted by Gasteiger charge is 2.19. The van der Waals surface area contributed by atoms with E-state index >= 15 is 0 Å². The Hall–Kier alpha value is -2.02. The molecule has 0 bridgehead atoms. The fraction of sp³-hybridized carbons (Fsp3) is 0.308. The number of aromatic nitrogens is 2. The molecule has 0 amide bonds. The van der Waals surface area contributed by atoms with Crippen LogP contribution in [0.25, 0.3) is 0 Å². The molecule has 0 atom stereocenters. The van der Waals surface area contributed by atoms with Crippen molar-refractivity contribution in [2.75, 3.05) is 18.6 Å². The van der Waals surface area contributed by atoms with Crippen molar-refractivity contribution in [1.29, 1.82) is 0 Å². The average molecular weight is 295 g/mol. The monoisotopic (exact) mass is 295 g/mol. The smallest absolute Gasteiger partial charge is 0.180 e. The van der Waals surface area contributed by atoms with Crippen LogP contribution in [-0.4, -0.2) is 31.1 Å². The molecule has 1 aromatic heterocycles. The summed E-state index contributed by atoms with van der Waals surface area (Å²) in [5.41, 5.74) is 6.85. The number of methoxy groups -OCH3 is 1. The van der Waals surface area contributed by atoms with Crippen LogP contribution < -0.4 is 10.5 Å². The zero-order chi connectivity index (χ0) is 14.8. The number of hydrogen-bond acceptors (Lipinski definition) is 5. The van der Waals surface area contributed by atoms with Crippen LogP contribution in [0.3, 0.4) is 0 Å². The minimum absolute atomic E-state index is 0.0239. The lowest BCUT2D eigenvalue weighted by Gasteiger charge is -2.09. The number of rotatable bonds is 5.